The van der Waals surface area contributed by atoms with E-state index in [9.17, 15) is 4.79 Å². The number of hydrogen-bond donors (Lipinski definition) is 1. The van der Waals surface area contributed by atoms with Crippen molar-refractivity contribution >= 4 is 16.6 Å². The smallest absolute Gasteiger partial charge is 0.167 e. The van der Waals surface area contributed by atoms with Crippen molar-refractivity contribution in [1.29, 1.82) is 0 Å². The van der Waals surface area contributed by atoms with Gasteiger partial charge in [-0.2, -0.15) is 0 Å². The highest BCUT2D eigenvalue weighted by Gasteiger charge is 2.27. The van der Waals surface area contributed by atoms with Gasteiger partial charge in [0.1, 0.15) is 12.4 Å². The minimum Gasteiger partial charge on any atom is -0.486 e. The normalized spacial score (nSPS) is 19.7. The molecule has 1 aliphatic carbocycles. The van der Waals surface area contributed by atoms with Crippen LogP contribution in [0.15, 0.2) is 60.7 Å². The molecular formula is C27H31NO2. The van der Waals surface area contributed by atoms with E-state index in [1.54, 1.807) is 6.92 Å². The van der Waals surface area contributed by atoms with Crippen LogP contribution >= 0.6 is 0 Å². The molecule has 1 fully saturated rings. The number of nitrogens with one attached hydrogen (secondary N) is 1. The number of fused-ring (bicyclic) bond motifs is 1. The summed E-state index contributed by atoms with van der Waals surface area (Å²) in [6.45, 7) is 6.15. The lowest BCUT2D eigenvalue weighted by Crippen LogP contribution is -2.29. The highest BCUT2D eigenvalue weighted by atomic mass is 16.5. The summed E-state index contributed by atoms with van der Waals surface area (Å²) in [5.41, 5.74) is 4.08. The van der Waals surface area contributed by atoms with E-state index in [-0.39, 0.29) is 12.4 Å². The van der Waals surface area contributed by atoms with Gasteiger partial charge in [-0.05, 0) is 85.5 Å². The van der Waals surface area contributed by atoms with Crippen molar-refractivity contribution < 1.29 is 9.53 Å². The summed E-state index contributed by atoms with van der Waals surface area (Å²) in [5, 5.41) is 6.59. The zero-order valence-electron chi connectivity index (χ0n) is 18.2. The molecule has 1 N–H and O–H groups in total. The van der Waals surface area contributed by atoms with Crippen molar-refractivity contribution in [3.8, 4) is 5.75 Å². The molecule has 3 heteroatoms. The molecular weight excluding hydrogens is 370 g/mol. The molecule has 1 saturated carbocycles. The van der Waals surface area contributed by atoms with E-state index < -0.39 is 0 Å². The van der Waals surface area contributed by atoms with Crippen LogP contribution in [0.3, 0.4) is 0 Å². The third-order valence-electron chi connectivity index (χ3n) is 6.35. The molecule has 3 nitrogen and oxygen atoms in total. The van der Waals surface area contributed by atoms with Crippen molar-refractivity contribution in [3.05, 3.63) is 77.4 Å². The van der Waals surface area contributed by atoms with Gasteiger partial charge in [0.05, 0.1) is 0 Å². The van der Waals surface area contributed by atoms with E-state index in [4.69, 9.17) is 4.74 Å². The molecule has 1 aliphatic rings. The molecule has 0 amide bonds. The van der Waals surface area contributed by atoms with E-state index in [0.717, 1.165) is 12.2 Å². The molecule has 3 aromatic rings. The lowest BCUT2D eigenvalue weighted by Gasteiger charge is -2.22. The largest absolute Gasteiger partial charge is 0.486 e. The average molecular weight is 402 g/mol. The number of ketones is 1. The third-order valence-corrected chi connectivity index (χ3v) is 6.35. The van der Waals surface area contributed by atoms with Crippen LogP contribution in [-0.2, 0) is 4.79 Å². The fourth-order valence-corrected chi connectivity index (χ4v) is 4.75. The van der Waals surface area contributed by atoms with Crippen molar-refractivity contribution in [2.75, 3.05) is 6.61 Å². The Hall–Kier alpha value is -2.65. The Bertz CT molecular complexity index is 1020. The molecule has 0 heterocycles. The zero-order chi connectivity index (χ0) is 21.1. The van der Waals surface area contributed by atoms with Gasteiger partial charge in [0.25, 0.3) is 0 Å². The molecule has 30 heavy (non-hydrogen) atoms. The van der Waals surface area contributed by atoms with Crippen molar-refractivity contribution in [2.24, 2.45) is 0 Å². The predicted octanol–water partition coefficient (Wildman–Crippen LogP) is 6.10. The molecule has 0 spiro atoms. The first-order valence-electron chi connectivity index (χ1n) is 11.0. The van der Waals surface area contributed by atoms with Gasteiger partial charge in [-0.3, -0.25) is 4.79 Å². The van der Waals surface area contributed by atoms with Gasteiger partial charge in [-0.1, -0.05) is 48.5 Å². The number of Topliss-reactive ketones (excluding diaryl/α,β-unsaturated/α-hetero) is 1. The number of carbonyl (C=O) groups is 1. The molecule has 0 bridgehead atoms. The van der Waals surface area contributed by atoms with E-state index in [1.165, 1.54) is 40.3 Å². The third kappa shape index (κ3) is 4.57. The van der Waals surface area contributed by atoms with Gasteiger partial charge in [0, 0.05) is 12.1 Å². The number of aryl methyl sites for hydroxylation is 1. The number of benzene rings is 3. The first-order chi connectivity index (χ1) is 14.5. The Kier molecular flexibility index (Phi) is 6.19. The highest BCUT2D eigenvalue weighted by molar-refractivity contribution is 5.88. The Morgan fingerprint density at radius 1 is 1.03 bits per heavy atom. The fraction of sp³-hybridized carbons (Fsp3) is 0.370. The SMILES string of the molecule is CC(=O)COc1ccc([C@@H]2CCC(N[C@H](C)c3ccc(C)c4ccccc34)C2)cc1. The first-order valence-corrected chi connectivity index (χ1v) is 11.0. The van der Waals surface area contributed by atoms with Crippen molar-refractivity contribution in [1.82, 2.24) is 5.32 Å². The lowest BCUT2D eigenvalue weighted by molar-refractivity contribution is -0.118. The van der Waals surface area contributed by atoms with Crippen LogP contribution in [0.25, 0.3) is 10.8 Å². The Labute approximate surface area is 179 Å². The second kappa shape index (κ2) is 9.01. The van der Waals surface area contributed by atoms with Gasteiger partial charge in [-0.15, -0.1) is 0 Å². The van der Waals surface area contributed by atoms with Gasteiger partial charge >= 0.3 is 0 Å². The zero-order valence-corrected chi connectivity index (χ0v) is 18.2. The minimum atomic E-state index is 0.0410. The quantitative estimate of drug-likeness (QED) is 0.520. The van der Waals surface area contributed by atoms with Gasteiger partial charge in [0.2, 0.25) is 0 Å². The van der Waals surface area contributed by atoms with E-state index >= 15 is 0 Å². The number of carbonyl (C=O) groups excluding carboxylic acids is 1. The van der Waals surface area contributed by atoms with E-state index in [2.05, 4.69) is 67.7 Å². The van der Waals surface area contributed by atoms with Crippen LogP contribution in [0, 0.1) is 6.92 Å². The van der Waals surface area contributed by atoms with Crippen LogP contribution in [-0.4, -0.2) is 18.4 Å². The average Bonchev–Trinajstić information content (AvgIpc) is 3.21. The lowest BCUT2D eigenvalue weighted by atomic mass is 9.95. The molecule has 1 unspecified atom stereocenters. The molecule has 156 valence electrons. The van der Waals surface area contributed by atoms with Crippen LogP contribution in [0.1, 0.15) is 61.8 Å². The number of rotatable bonds is 7. The molecule has 3 atom stereocenters. The first kappa shape index (κ1) is 20.6. The molecule has 0 radical (unpaired) electrons. The summed E-state index contributed by atoms with van der Waals surface area (Å²) in [5.74, 6) is 1.38. The Morgan fingerprint density at radius 2 is 1.77 bits per heavy atom. The van der Waals surface area contributed by atoms with Crippen LogP contribution in [0.4, 0.5) is 0 Å². The van der Waals surface area contributed by atoms with Gasteiger partial charge in [-0.25, -0.2) is 0 Å². The maximum absolute atomic E-state index is 11.1. The summed E-state index contributed by atoms with van der Waals surface area (Å²) < 4.78 is 5.49. The predicted molar refractivity (Wildman–Crippen MR) is 123 cm³/mol. The maximum atomic E-state index is 11.1. The monoisotopic (exact) mass is 401 g/mol. The van der Waals surface area contributed by atoms with Gasteiger partial charge in [0.15, 0.2) is 5.78 Å². The Morgan fingerprint density at radius 3 is 2.50 bits per heavy atom. The molecule has 3 aromatic carbocycles. The van der Waals surface area contributed by atoms with Crippen molar-refractivity contribution in [2.45, 2.75) is 58.0 Å². The topological polar surface area (TPSA) is 38.3 Å². The second-order valence-electron chi connectivity index (χ2n) is 8.67. The summed E-state index contributed by atoms with van der Waals surface area (Å²) in [4.78, 5) is 11.1. The summed E-state index contributed by atoms with van der Waals surface area (Å²) in [6.07, 6.45) is 3.55. The maximum Gasteiger partial charge on any atom is 0.167 e. The molecule has 4 rings (SSSR count). The van der Waals surface area contributed by atoms with E-state index in [0.29, 0.717) is 18.0 Å². The van der Waals surface area contributed by atoms with Crippen LogP contribution < -0.4 is 10.1 Å². The number of hydrogen-bond acceptors (Lipinski definition) is 3. The molecule has 0 saturated heterocycles. The standard InChI is InChI=1S/C27H31NO2/c1-18-8-15-26(27-7-5-4-6-25(18)27)20(3)28-23-12-9-22(16-23)21-10-13-24(14-11-21)30-17-19(2)29/h4-8,10-11,13-15,20,22-23,28H,9,12,16-17H2,1-3H3/t20-,22-,23?/m1/s1. The summed E-state index contributed by atoms with van der Waals surface area (Å²) in [6, 6.07) is 22.4. The van der Waals surface area contributed by atoms with Crippen LogP contribution in [0.5, 0.6) is 5.75 Å². The van der Waals surface area contributed by atoms with Crippen LogP contribution in [0.2, 0.25) is 0 Å². The van der Waals surface area contributed by atoms with Crippen molar-refractivity contribution in [3.63, 3.8) is 0 Å². The van der Waals surface area contributed by atoms with E-state index in [1.807, 2.05) is 12.1 Å². The molecule has 0 aliphatic heterocycles. The Balaban J connectivity index is 1.39. The highest BCUT2D eigenvalue weighted by Crippen LogP contribution is 2.36. The van der Waals surface area contributed by atoms with Gasteiger partial charge < -0.3 is 10.1 Å². The summed E-state index contributed by atoms with van der Waals surface area (Å²) in [7, 11) is 0. The fourth-order valence-electron chi connectivity index (χ4n) is 4.75. The second-order valence-corrected chi connectivity index (χ2v) is 8.67. The minimum absolute atomic E-state index is 0.0410. The molecule has 0 aromatic heterocycles. The summed E-state index contributed by atoms with van der Waals surface area (Å²) >= 11 is 0. The number of ether oxygens (including phenoxy) is 1.